The lowest BCUT2D eigenvalue weighted by Crippen LogP contribution is -2.33. The lowest BCUT2D eigenvalue weighted by atomic mass is 10.3. The van der Waals surface area contributed by atoms with Crippen molar-refractivity contribution in [1.82, 2.24) is 15.5 Å². The molecule has 0 aliphatic heterocycles. The van der Waals surface area contributed by atoms with E-state index in [0.717, 1.165) is 0 Å². The van der Waals surface area contributed by atoms with Crippen molar-refractivity contribution >= 4 is 22.4 Å². The predicted molar refractivity (Wildman–Crippen MR) is 63.6 cm³/mol. The van der Waals surface area contributed by atoms with E-state index in [4.69, 9.17) is 5.73 Å². The molecule has 0 radical (unpaired) electrons. The lowest BCUT2D eigenvalue weighted by Gasteiger charge is -2.08. The second-order valence-electron chi connectivity index (χ2n) is 3.63. The van der Waals surface area contributed by atoms with Crippen LogP contribution in [0.25, 0.3) is 0 Å². The van der Waals surface area contributed by atoms with Crippen LogP contribution in [0.3, 0.4) is 0 Å². The number of carbonyl (C=O) groups is 1. The highest BCUT2D eigenvalue weighted by Crippen LogP contribution is 2.11. The molecule has 90 valence electrons. The van der Waals surface area contributed by atoms with Gasteiger partial charge in [0.15, 0.2) is 5.69 Å². The second kappa shape index (κ2) is 5.11. The first-order valence-electron chi connectivity index (χ1n) is 4.84. The molecule has 6 nitrogen and oxygen atoms in total. The number of anilines is 1. The number of hydrogen-bond donors (Lipinski definition) is 3. The van der Waals surface area contributed by atoms with Crippen molar-refractivity contribution in [1.29, 1.82) is 0 Å². The van der Waals surface area contributed by atoms with Crippen LogP contribution < -0.4 is 11.1 Å². The summed E-state index contributed by atoms with van der Waals surface area (Å²) in [4.78, 5) is 11.6. The average molecular weight is 244 g/mol. The van der Waals surface area contributed by atoms with Crippen molar-refractivity contribution in [3.05, 3.63) is 11.4 Å². The van der Waals surface area contributed by atoms with E-state index in [-0.39, 0.29) is 16.9 Å². The lowest BCUT2D eigenvalue weighted by molar-refractivity contribution is 0.0950. The quantitative estimate of drug-likeness (QED) is 0.682. The number of hydrogen-bond acceptors (Lipinski definition) is 4. The number of aromatic amines is 1. The number of amides is 1. The molecule has 0 saturated carbocycles. The zero-order valence-electron chi connectivity index (χ0n) is 9.53. The number of nitrogens with two attached hydrogens (primary N) is 1. The number of rotatable bonds is 4. The van der Waals surface area contributed by atoms with Crippen LogP contribution in [0.2, 0.25) is 0 Å². The minimum atomic E-state index is -0.957. The Kier molecular flexibility index (Phi) is 4.05. The fourth-order valence-corrected chi connectivity index (χ4v) is 1.37. The number of nitrogen functional groups attached to an aromatic ring is 1. The number of aromatic nitrogens is 2. The van der Waals surface area contributed by atoms with Gasteiger partial charge < -0.3 is 11.1 Å². The maximum atomic E-state index is 11.6. The van der Waals surface area contributed by atoms with Gasteiger partial charge in [-0.05, 0) is 13.8 Å². The van der Waals surface area contributed by atoms with Crippen LogP contribution in [0.5, 0.6) is 0 Å². The van der Waals surface area contributed by atoms with E-state index < -0.39 is 10.8 Å². The van der Waals surface area contributed by atoms with Crippen molar-refractivity contribution in [2.45, 2.75) is 19.1 Å². The zero-order valence-corrected chi connectivity index (χ0v) is 10.4. The van der Waals surface area contributed by atoms with Crippen LogP contribution in [0, 0.1) is 6.92 Å². The van der Waals surface area contributed by atoms with Crippen molar-refractivity contribution < 1.29 is 9.00 Å². The summed E-state index contributed by atoms with van der Waals surface area (Å²) in [6.07, 6.45) is 1.60. The molecular formula is C9H16N4O2S. The number of H-pyrrole nitrogens is 1. The van der Waals surface area contributed by atoms with Crippen molar-refractivity contribution in [2.75, 3.05) is 18.5 Å². The van der Waals surface area contributed by atoms with Crippen LogP contribution in [0.15, 0.2) is 0 Å². The largest absolute Gasteiger partial charge is 0.395 e. The molecule has 1 rings (SSSR count). The van der Waals surface area contributed by atoms with E-state index in [1.807, 2.05) is 0 Å². The van der Waals surface area contributed by atoms with E-state index in [1.165, 1.54) is 0 Å². The Morgan fingerprint density at radius 1 is 1.69 bits per heavy atom. The van der Waals surface area contributed by atoms with Gasteiger partial charge >= 0.3 is 0 Å². The third-order valence-corrected chi connectivity index (χ3v) is 3.63. The normalized spacial score (nSPS) is 14.4. The standard InChI is InChI=1S/C9H16N4O2S/c1-5(16(3)15)4-11-9(14)8-7(10)6(2)12-13-8/h5H,4,10H2,1-3H3,(H,11,14)(H,12,13). The highest BCUT2D eigenvalue weighted by Gasteiger charge is 2.16. The fraction of sp³-hybridized carbons (Fsp3) is 0.556. The molecule has 4 N–H and O–H groups in total. The van der Waals surface area contributed by atoms with Gasteiger partial charge in [-0.2, -0.15) is 5.10 Å². The SMILES string of the molecule is Cc1[nH]nc(C(=O)NCC(C)S(C)=O)c1N. The van der Waals surface area contributed by atoms with E-state index in [2.05, 4.69) is 15.5 Å². The highest BCUT2D eigenvalue weighted by atomic mass is 32.2. The summed E-state index contributed by atoms with van der Waals surface area (Å²) in [7, 11) is -0.957. The number of nitrogens with zero attached hydrogens (tertiary/aromatic N) is 1. The molecule has 16 heavy (non-hydrogen) atoms. The number of aryl methyl sites for hydroxylation is 1. The van der Waals surface area contributed by atoms with Crippen LogP contribution in [0.1, 0.15) is 23.1 Å². The van der Waals surface area contributed by atoms with Gasteiger partial charge in [0.05, 0.1) is 11.4 Å². The van der Waals surface area contributed by atoms with Gasteiger partial charge in [-0.25, -0.2) is 0 Å². The summed E-state index contributed by atoms with van der Waals surface area (Å²) >= 11 is 0. The summed E-state index contributed by atoms with van der Waals surface area (Å²) in [5, 5.41) is 8.98. The summed E-state index contributed by atoms with van der Waals surface area (Å²) < 4.78 is 11.1. The van der Waals surface area contributed by atoms with Gasteiger partial charge in [-0.15, -0.1) is 0 Å². The molecule has 0 saturated heterocycles. The first-order valence-corrected chi connectivity index (χ1v) is 6.46. The molecule has 0 aromatic carbocycles. The third-order valence-electron chi connectivity index (χ3n) is 2.33. The maximum Gasteiger partial charge on any atom is 0.273 e. The molecule has 0 bridgehead atoms. The van der Waals surface area contributed by atoms with E-state index in [0.29, 0.717) is 17.9 Å². The Hall–Kier alpha value is -1.37. The summed E-state index contributed by atoms with van der Waals surface area (Å²) in [5.74, 6) is -0.348. The molecule has 2 atom stereocenters. The van der Waals surface area contributed by atoms with Crippen LogP contribution in [0.4, 0.5) is 5.69 Å². The highest BCUT2D eigenvalue weighted by molar-refractivity contribution is 7.84. The monoisotopic (exact) mass is 244 g/mol. The molecule has 1 heterocycles. The molecule has 0 spiro atoms. The molecule has 7 heteroatoms. The average Bonchev–Trinajstić information content (AvgIpc) is 2.55. The first-order chi connectivity index (χ1) is 7.43. The van der Waals surface area contributed by atoms with Gasteiger partial charge in [-0.3, -0.25) is 14.1 Å². The third kappa shape index (κ3) is 2.82. The molecule has 0 aliphatic carbocycles. The first kappa shape index (κ1) is 12.7. The topological polar surface area (TPSA) is 101 Å². The molecule has 1 amide bonds. The van der Waals surface area contributed by atoms with Gasteiger partial charge in [-0.1, -0.05) is 0 Å². The van der Waals surface area contributed by atoms with E-state index in [9.17, 15) is 9.00 Å². The minimum Gasteiger partial charge on any atom is -0.395 e. The summed E-state index contributed by atoms with van der Waals surface area (Å²) in [6, 6.07) is 0. The van der Waals surface area contributed by atoms with E-state index >= 15 is 0 Å². The summed E-state index contributed by atoms with van der Waals surface area (Å²) in [5.41, 5.74) is 6.86. The predicted octanol–water partition coefficient (Wildman–Crippen LogP) is -0.203. The molecule has 1 aromatic heterocycles. The molecule has 1 aromatic rings. The second-order valence-corrected chi connectivity index (χ2v) is 5.43. The Morgan fingerprint density at radius 3 is 2.75 bits per heavy atom. The van der Waals surface area contributed by atoms with Gasteiger partial charge in [0.1, 0.15) is 0 Å². The van der Waals surface area contributed by atoms with Gasteiger partial charge in [0.2, 0.25) is 0 Å². The molecule has 2 unspecified atom stereocenters. The Labute approximate surface area is 96.4 Å². The van der Waals surface area contributed by atoms with Crippen molar-refractivity contribution in [2.24, 2.45) is 0 Å². The van der Waals surface area contributed by atoms with Crippen molar-refractivity contribution in [3.8, 4) is 0 Å². The maximum absolute atomic E-state index is 11.6. The number of carbonyl (C=O) groups excluding carboxylic acids is 1. The minimum absolute atomic E-state index is 0.0924. The molecule has 0 aliphatic rings. The van der Waals surface area contributed by atoms with Crippen LogP contribution in [-0.4, -0.2) is 38.4 Å². The van der Waals surface area contributed by atoms with Gasteiger partial charge in [0.25, 0.3) is 5.91 Å². The summed E-state index contributed by atoms with van der Waals surface area (Å²) in [6.45, 7) is 3.88. The van der Waals surface area contributed by atoms with Crippen LogP contribution in [-0.2, 0) is 10.8 Å². The van der Waals surface area contributed by atoms with E-state index in [1.54, 1.807) is 20.1 Å². The smallest absolute Gasteiger partial charge is 0.273 e. The van der Waals surface area contributed by atoms with Crippen LogP contribution >= 0.6 is 0 Å². The Morgan fingerprint density at radius 2 is 2.31 bits per heavy atom. The Bertz CT molecular complexity index is 416. The zero-order chi connectivity index (χ0) is 12.3. The molecular weight excluding hydrogens is 228 g/mol. The van der Waals surface area contributed by atoms with Crippen molar-refractivity contribution in [3.63, 3.8) is 0 Å². The Balaban J connectivity index is 2.60. The number of nitrogens with one attached hydrogen (secondary N) is 2. The fourth-order valence-electron chi connectivity index (χ4n) is 1.05. The molecule has 0 fully saturated rings. The van der Waals surface area contributed by atoms with Gasteiger partial charge in [0, 0.05) is 28.9 Å².